The van der Waals surface area contributed by atoms with Crippen molar-refractivity contribution in [2.45, 2.75) is 57.4 Å². The van der Waals surface area contributed by atoms with Gasteiger partial charge in [-0.1, -0.05) is 17.7 Å². The third-order valence-electron chi connectivity index (χ3n) is 4.71. The summed E-state index contributed by atoms with van der Waals surface area (Å²) in [6.07, 6.45) is 12.8. The fourth-order valence-electron chi connectivity index (χ4n) is 3.57. The molecule has 0 heterocycles. The molecule has 0 saturated carbocycles. The number of anilines is 1. The van der Waals surface area contributed by atoms with E-state index in [0.29, 0.717) is 6.04 Å². The van der Waals surface area contributed by atoms with Gasteiger partial charge >= 0.3 is 0 Å². The zero-order chi connectivity index (χ0) is 13.8. The van der Waals surface area contributed by atoms with E-state index >= 15 is 0 Å². The number of benzene rings is 1. The van der Waals surface area contributed by atoms with Gasteiger partial charge in [0.1, 0.15) is 0 Å². The van der Waals surface area contributed by atoms with E-state index in [4.69, 9.17) is 5.73 Å². The van der Waals surface area contributed by atoms with Gasteiger partial charge in [0.05, 0.1) is 0 Å². The lowest BCUT2D eigenvalue weighted by atomic mass is 9.87. The van der Waals surface area contributed by atoms with Crippen LogP contribution in [-0.2, 0) is 6.42 Å². The van der Waals surface area contributed by atoms with Crippen LogP contribution in [0.15, 0.2) is 29.8 Å². The summed E-state index contributed by atoms with van der Waals surface area (Å²) in [5, 5.41) is 3.76. The Kier molecular flexibility index (Phi) is 4.41. The maximum atomic E-state index is 5.95. The summed E-state index contributed by atoms with van der Waals surface area (Å²) >= 11 is 0. The smallest absolute Gasteiger partial charge is 0.0323 e. The van der Waals surface area contributed by atoms with Gasteiger partial charge in [0.2, 0.25) is 0 Å². The first-order chi connectivity index (χ1) is 9.83. The molecule has 3 N–H and O–H groups in total. The van der Waals surface area contributed by atoms with Crippen LogP contribution in [-0.4, -0.2) is 6.54 Å². The van der Waals surface area contributed by atoms with E-state index in [9.17, 15) is 0 Å². The van der Waals surface area contributed by atoms with Crippen molar-refractivity contribution in [2.75, 3.05) is 12.3 Å². The maximum Gasteiger partial charge on any atom is 0.0323 e. The minimum atomic E-state index is 0.506. The summed E-state index contributed by atoms with van der Waals surface area (Å²) in [6.45, 7) is 1.10. The Balaban J connectivity index is 1.58. The largest absolute Gasteiger partial charge is 0.399 e. The van der Waals surface area contributed by atoms with E-state index in [1.165, 1.54) is 62.5 Å². The van der Waals surface area contributed by atoms with Crippen LogP contribution in [0.2, 0.25) is 0 Å². The molecule has 108 valence electrons. The molecule has 2 aliphatic carbocycles. The first-order valence-electron chi connectivity index (χ1n) is 8.12. The molecule has 0 bridgehead atoms. The second-order valence-electron chi connectivity index (χ2n) is 6.22. The maximum absolute atomic E-state index is 5.95. The first kappa shape index (κ1) is 13.7. The van der Waals surface area contributed by atoms with Crippen molar-refractivity contribution in [3.05, 3.63) is 41.0 Å². The summed E-state index contributed by atoms with van der Waals surface area (Å²) < 4.78 is 0. The minimum absolute atomic E-state index is 0.506. The molecule has 0 radical (unpaired) electrons. The lowest BCUT2D eigenvalue weighted by Crippen LogP contribution is -2.26. The lowest BCUT2D eigenvalue weighted by Gasteiger charge is -2.27. The van der Waals surface area contributed by atoms with Crippen molar-refractivity contribution in [1.82, 2.24) is 5.32 Å². The van der Waals surface area contributed by atoms with Gasteiger partial charge in [-0.25, -0.2) is 0 Å². The highest BCUT2D eigenvalue weighted by molar-refractivity contribution is 5.46. The number of nitrogens with one attached hydrogen (secondary N) is 1. The van der Waals surface area contributed by atoms with Gasteiger partial charge in [-0.3, -0.25) is 0 Å². The monoisotopic (exact) mass is 270 g/mol. The van der Waals surface area contributed by atoms with Crippen LogP contribution in [0, 0.1) is 0 Å². The number of hydrogen-bond donors (Lipinski definition) is 2. The second kappa shape index (κ2) is 6.45. The summed E-state index contributed by atoms with van der Waals surface area (Å²) in [5.41, 5.74) is 11.4. The van der Waals surface area contributed by atoms with E-state index < -0.39 is 0 Å². The third-order valence-corrected chi connectivity index (χ3v) is 4.71. The molecule has 2 nitrogen and oxygen atoms in total. The molecule has 2 heteroatoms. The van der Waals surface area contributed by atoms with E-state index in [-0.39, 0.29) is 0 Å². The van der Waals surface area contributed by atoms with Gasteiger partial charge < -0.3 is 11.1 Å². The molecular weight excluding hydrogens is 244 g/mol. The Bertz CT molecular complexity index is 490. The summed E-state index contributed by atoms with van der Waals surface area (Å²) in [5.74, 6) is 0. The molecule has 0 saturated heterocycles. The molecule has 3 rings (SSSR count). The van der Waals surface area contributed by atoms with Gasteiger partial charge in [0, 0.05) is 11.7 Å². The molecule has 20 heavy (non-hydrogen) atoms. The molecule has 1 unspecified atom stereocenters. The van der Waals surface area contributed by atoms with E-state index in [1.54, 1.807) is 5.57 Å². The molecule has 1 atom stereocenters. The van der Waals surface area contributed by atoms with Crippen molar-refractivity contribution >= 4 is 5.69 Å². The molecule has 0 fully saturated rings. The molecule has 0 aromatic heterocycles. The normalized spacial score (nSPS) is 22.2. The van der Waals surface area contributed by atoms with Crippen LogP contribution in [0.25, 0.3) is 0 Å². The first-order valence-corrected chi connectivity index (χ1v) is 8.12. The van der Waals surface area contributed by atoms with Crippen molar-refractivity contribution in [3.63, 3.8) is 0 Å². The number of aryl methyl sites for hydroxylation is 1. The summed E-state index contributed by atoms with van der Waals surface area (Å²) in [4.78, 5) is 0. The highest BCUT2D eigenvalue weighted by Crippen LogP contribution is 2.31. The van der Waals surface area contributed by atoms with Crippen LogP contribution in [0.1, 0.15) is 62.1 Å². The fraction of sp³-hybridized carbons (Fsp3) is 0.556. The molecule has 0 spiro atoms. The van der Waals surface area contributed by atoms with Crippen LogP contribution >= 0.6 is 0 Å². The minimum Gasteiger partial charge on any atom is -0.399 e. The molecule has 0 aliphatic heterocycles. The van der Waals surface area contributed by atoms with Gasteiger partial charge in [0.25, 0.3) is 0 Å². The number of allylic oxidation sites excluding steroid dienone is 1. The Labute approximate surface area is 122 Å². The zero-order valence-electron chi connectivity index (χ0n) is 12.3. The van der Waals surface area contributed by atoms with Gasteiger partial charge in [-0.05, 0) is 81.2 Å². The highest BCUT2D eigenvalue weighted by Gasteiger charge is 2.19. The Morgan fingerprint density at radius 2 is 2.10 bits per heavy atom. The van der Waals surface area contributed by atoms with Crippen molar-refractivity contribution in [2.24, 2.45) is 0 Å². The number of hydrogen-bond acceptors (Lipinski definition) is 2. The average Bonchev–Trinajstić information content (AvgIpc) is 2.49. The predicted molar refractivity (Wildman–Crippen MR) is 85.7 cm³/mol. The SMILES string of the molecule is Nc1ccc2c(c1)C(NCCC1=CCCCC1)CCC2. The Morgan fingerprint density at radius 3 is 2.95 bits per heavy atom. The van der Waals surface area contributed by atoms with E-state index in [0.717, 1.165) is 12.2 Å². The molecule has 0 amide bonds. The highest BCUT2D eigenvalue weighted by atomic mass is 14.9. The topological polar surface area (TPSA) is 38.0 Å². The molecule has 2 aliphatic rings. The van der Waals surface area contributed by atoms with Crippen LogP contribution in [0.4, 0.5) is 5.69 Å². The lowest BCUT2D eigenvalue weighted by molar-refractivity contribution is 0.460. The Morgan fingerprint density at radius 1 is 1.15 bits per heavy atom. The molecule has 1 aromatic rings. The van der Waals surface area contributed by atoms with Gasteiger partial charge in [-0.15, -0.1) is 0 Å². The predicted octanol–water partition coefficient (Wildman–Crippen LogP) is 4.13. The Hall–Kier alpha value is -1.28. The van der Waals surface area contributed by atoms with Crippen molar-refractivity contribution in [1.29, 1.82) is 0 Å². The van der Waals surface area contributed by atoms with Crippen molar-refractivity contribution < 1.29 is 0 Å². The summed E-state index contributed by atoms with van der Waals surface area (Å²) in [6, 6.07) is 6.92. The van der Waals surface area contributed by atoms with Crippen molar-refractivity contribution in [3.8, 4) is 0 Å². The van der Waals surface area contributed by atoms with Gasteiger partial charge in [-0.2, -0.15) is 0 Å². The number of fused-ring (bicyclic) bond motifs is 1. The number of rotatable bonds is 4. The van der Waals surface area contributed by atoms with E-state index in [1.807, 2.05) is 6.07 Å². The summed E-state index contributed by atoms with van der Waals surface area (Å²) in [7, 11) is 0. The molecular formula is C18H26N2. The third kappa shape index (κ3) is 3.24. The van der Waals surface area contributed by atoms with Crippen LogP contribution in [0.5, 0.6) is 0 Å². The zero-order valence-corrected chi connectivity index (χ0v) is 12.3. The molecule has 1 aromatic carbocycles. The quantitative estimate of drug-likeness (QED) is 0.638. The fourth-order valence-corrected chi connectivity index (χ4v) is 3.57. The van der Waals surface area contributed by atoms with E-state index in [2.05, 4.69) is 23.5 Å². The number of nitrogens with two attached hydrogens (primary N) is 1. The second-order valence-corrected chi connectivity index (χ2v) is 6.22. The van der Waals surface area contributed by atoms with Crippen LogP contribution in [0.3, 0.4) is 0 Å². The standard InChI is InChI=1S/C18H26N2/c19-16-10-9-15-7-4-8-18(17(15)13-16)20-12-11-14-5-2-1-3-6-14/h5,9-10,13,18,20H,1-4,6-8,11-12,19H2. The van der Waals surface area contributed by atoms with Crippen LogP contribution < -0.4 is 11.1 Å². The van der Waals surface area contributed by atoms with Gasteiger partial charge in [0.15, 0.2) is 0 Å². The number of nitrogen functional groups attached to an aromatic ring is 1. The average molecular weight is 270 g/mol.